The monoisotopic (exact) mass is 152 g/mol. The van der Waals surface area contributed by atoms with Crippen LogP contribution < -0.4 is 0 Å². The lowest BCUT2D eigenvalue weighted by Crippen LogP contribution is -2.15. The Morgan fingerprint density at radius 2 is 2.36 bits per heavy atom. The van der Waals surface area contributed by atoms with Crippen LogP contribution in [0.25, 0.3) is 0 Å². The zero-order valence-electron chi connectivity index (χ0n) is 7.55. The highest BCUT2D eigenvalue weighted by Crippen LogP contribution is 2.15. The van der Waals surface area contributed by atoms with Crippen molar-refractivity contribution in [2.45, 2.75) is 33.3 Å². The Morgan fingerprint density at radius 1 is 1.64 bits per heavy atom. The molecule has 1 heterocycles. The Bertz CT molecular complexity index is 185. The molecule has 1 aliphatic rings. The first-order valence-electron chi connectivity index (χ1n) is 4.11. The van der Waals surface area contributed by atoms with Crippen LogP contribution in [0.5, 0.6) is 0 Å². The van der Waals surface area contributed by atoms with Crippen LogP contribution in [0.3, 0.4) is 0 Å². The number of allylic oxidation sites excluding steroid dienone is 1. The maximum atomic E-state index is 5.51. The zero-order chi connectivity index (χ0) is 8.27. The molecule has 0 N–H and O–H groups in total. The van der Waals surface area contributed by atoms with Gasteiger partial charge in [0.2, 0.25) is 0 Å². The summed E-state index contributed by atoms with van der Waals surface area (Å²) >= 11 is 0. The molecule has 0 amide bonds. The lowest BCUT2D eigenvalue weighted by atomic mass is 10.1. The summed E-state index contributed by atoms with van der Waals surface area (Å²) in [5.41, 5.74) is 2.78. The Balaban J connectivity index is 2.51. The summed E-state index contributed by atoms with van der Waals surface area (Å²) < 4.78 is 5.51. The molecule has 1 rings (SSSR count). The van der Waals surface area contributed by atoms with E-state index in [2.05, 4.69) is 32.9 Å². The maximum absolute atomic E-state index is 5.51. The SMILES string of the molecule is CC(C)=C[C@H]1CC(C)=CCO1. The Hall–Kier alpha value is -0.560. The molecule has 1 aliphatic heterocycles. The van der Waals surface area contributed by atoms with Crippen LogP contribution in [0.1, 0.15) is 27.2 Å². The van der Waals surface area contributed by atoms with Crippen molar-refractivity contribution in [1.29, 1.82) is 0 Å². The first-order valence-corrected chi connectivity index (χ1v) is 4.11. The minimum absolute atomic E-state index is 0.324. The van der Waals surface area contributed by atoms with Gasteiger partial charge in [-0.25, -0.2) is 0 Å². The van der Waals surface area contributed by atoms with Crippen LogP contribution in [-0.2, 0) is 4.74 Å². The summed E-state index contributed by atoms with van der Waals surface area (Å²) in [6, 6.07) is 0. The van der Waals surface area contributed by atoms with Gasteiger partial charge in [0.15, 0.2) is 0 Å². The van der Waals surface area contributed by atoms with E-state index >= 15 is 0 Å². The van der Waals surface area contributed by atoms with Crippen LogP contribution in [0, 0.1) is 0 Å². The minimum atomic E-state index is 0.324. The Kier molecular flexibility index (Phi) is 2.89. The summed E-state index contributed by atoms with van der Waals surface area (Å²) in [7, 11) is 0. The molecule has 0 aromatic carbocycles. The number of hydrogen-bond donors (Lipinski definition) is 0. The van der Waals surface area contributed by atoms with Crippen LogP contribution >= 0.6 is 0 Å². The van der Waals surface area contributed by atoms with Gasteiger partial charge >= 0.3 is 0 Å². The third-order valence-electron chi connectivity index (χ3n) is 1.78. The Morgan fingerprint density at radius 3 is 2.91 bits per heavy atom. The van der Waals surface area contributed by atoms with E-state index in [4.69, 9.17) is 4.74 Å². The van der Waals surface area contributed by atoms with Gasteiger partial charge in [0.1, 0.15) is 0 Å². The summed E-state index contributed by atoms with van der Waals surface area (Å²) in [5.74, 6) is 0. The van der Waals surface area contributed by atoms with Crippen molar-refractivity contribution in [3.8, 4) is 0 Å². The fraction of sp³-hybridized carbons (Fsp3) is 0.600. The summed E-state index contributed by atoms with van der Waals surface area (Å²) in [6.45, 7) is 7.16. The van der Waals surface area contributed by atoms with Crippen molar-refractivity contribution < 1.29 is 4.74 Å². The minimum Gasteiger partial charge on any atom is -0.370 e. The highest BCUT2D eigenvalue weighted by molar-refractivity contribution is 5.09. The third kappa shape index (κ3) is 2.89. The van der Waals surface area contributed by atoms with Crippen LogP contribution in [0.4, 0.5) is 0 Å². The van der Waals surface area contributed by atoms with Crippen molar-refractivity contribution >= 4 is 0 Å². The number of ether oxygens (including phenoxy) is 1. The number of hydrogen-bond acceptors (Lipinski definition) is 1. The van der Waals surface area contributed by atoms with E-state index in [1.807, 2.05) is 0 Å². The molecular weight excluding hydrogens is 136 g/mol. The largest absolute Gasteiger partial charge is 0.370 e. The fourth-order valence-electron chi connectivity index (χ4n) is 1.25. The van der Waals surface area contributed by atoms with Crippen LogP contribution in [0.15, 0.2) is 23.3 Å². The molecular formula is C10H16O. The molecule has 1 heteroatoms. The van der Waals surface area contributed by atoms with Crippen LogP contribution in [0.2, 0.25) is 0 Å². The predicted octanol–water partition coefficient (Wildman–Crippen LogP) is 2.69. The van der Waals surface area contributed by atoms with E-state index in [9.17, 15) is 0 Å². The van der Waals surface area contributed by atoms with Gasteiger partial charge in [-0.1, -0.05) is 23.3 Å². The van der Waals surface area contributed by atoms with Crippen molar-refractivity contribution in [3.05, 3.63) is 23.3 Å². The molecule has 0 fully saturated rings. The summed E-state index contributed by atoms with van der Waals surface area (Å²) in [4.78, 5) is 0. The first-order chi connectivity index (χ1) is 5.18. The van der Waals surface area contributed by atoms with E-state index in [0.29, 0.717) is 6.10 Å². The molecule has 11 heavy (non-hydrogen) atoms. The molecule has 1 nitrogen and oxygen atoms in total. The summed E-state index contributed by atoms with van der Waals surface area (Å²) in [5, 5.41) is 0. The molecule has 0 aromatic heterocycles. The highest BCUT2D eigenvalue weighted by Gasteiger charge is 2.09. The van der Waals surface area contributed by atoms with Gasteiger partial charge < -0.3 is 4.74 Å². The normalized spacial score (nSPS) is 24.3. The van der Waals surface area contributed by atoms with Crippen LogP contribution in [-0.4, -0.2) is 12.7 Å². The number of rotatable bonds is 1. The van der Waals surface area contributed by atoms with Gasteiger partial charge in [-0.2, -0.15) is 0 Å². The van der Waals surface area contributed by atoms with Gasteiger partial charge in [-0.3, -0.25) is 0 Å². The quantitative estimate of drug-likeness (QED) is 0.525. The predicted molar refractivity (Wildman–Crippen MR) is 47.5 cm³/mol. The van der Waals surface area contributed by atoms with Gasteiger partial charge in [0.25, 0.3) is 0 Å². The molecule has 0 unspecified atom stereocenters. The van der Waals surface area contributed by atoms with E-state index in [1.165, 1.54) is 11.1 Å². The lowest BCUT2D eigenvalue weighted by Gasteiger charge is -2.19. The van der Waals surface area contributed by atoms with Gasteiger partial charge in [0, 0.05) is 0 Å². The molecule has 0 aromatic rings. The standard InChI is InChI=1S/C10H16O/c1-8(2)6-10-7-9(3)4-5-11-10/h4,6,10H,5,7H2,1-3H3/t10-/m0/s1. The second-order valence-corrected chi connectivity index (χ2v) is 3.37. The van der Waals surface area contributed by atoms with Gasteiger partial charge in [0.05, 0.1) is 12.7 Å². The average molecular weight is 152 g/mol. The van der Waals surface area contributed by atoms with E-state index in [0.717, 1.165) is 13.0 Å². The zero-order valence-corrected chi connectivity index (χ0v) is 7.55. The summed E-state index contributed by atoms with van der Waals surface area (Å²) in [6.07, 6.45) is 5.72. The van der Waals surface area contributed by atoms with Crippen molar-refractivity contribution in [1.82, 2.24) is 0 Å². The molecule has 0 saturated carbocycles. The lowest BCUT2D eigenvalue weighted by molar-refractivity contribution is 0.0983. The molecule has 0 spiro atoms. The van der Waals surface area contributed by atoms with Gasteiger partial charge in [-0.05, 0) is 27.2 Å². The second-order valence-electron chi connectivity index (χ2n) is 3.37. The highest BCUT2D eigenvalue weighted by atomic mass is 16.5. The molecule has 1 atom stereocenters. The average Bonchev–Trinajstić information content (AvgIpc) is 1.85. The smallest absolute Gasteiger partial charge is 0.0799 e. The van der Waals surface area contributed by atoms with E-state index < -0.39 is 0 Å². The van der Waals surface area contributed by atoms with Gasteiger partial charge in [-0.15, -0.1) is 0 Å². The first kappa shape index (κ1) is 8.54. The molecule has 0 aliphatic carbocycles. The maximum Gasteiger partial charge on any atom is 0.0799 e. The molecule has 0 saturated heterocycles. The second kappa shape index (κ2) is 3.72. The molecule has 0 bridgehead atoms. The molecule has 0 radical (unpaired) electrons. The topological polar surface area (TPSA) is 9.23 Å². The Labute approximate surface area is 68.8 Å². The molecule has 62 valence electrons. The van der Waals surface area contributed by atoms with Crippen molar-refractivity contribution in [2.75, 3.05) is 6.61 Å². The van der Waals surface area contributed by atoms with E-state index in [1.54, 1.807) is 0 Å². The fourth-order valence-corrected chi connectivity index (χ4v) is 1.25. The van der Waals surface area contributed by atoms with Crippen molar-refractivity contribution in [3.63, 3.8) is 0 Å². The van der Waals surface area contributed by atoms with E-state index in [-0.39, 0.29) is 0 Å². The van der Waals surface area contributed by atoms with Crippen molar-refractivity contribution in [2.24, 2.45) is 0 Å². The third-order valence-corrected chi connectivity index (χ3v) is 1.78.